The predicted octanol–water partition coefficient (Wildman–Crippen LogP) is 19.5. The van der Waals surface area contributed by atoms with Gasteiger partial charge < -0.3 is 28.7 Å². The van der Waals surface area contributed by atoms with Gasteiger partial charge in [-0.05, 0) is 200 Å². The van der Waals surface area contributed by atoms with E-state index >= 15 is 0 Å². The van der Waals surface area contributed by atoms with Gasteiger partial charge in [0.2, 0.25) is 0 Å². The van der Waals surface area contributed by atoms with E-state index in [1.54, 1.807) is 11.3 Å². The summed E-state index contributed by atoms with van der Waals surface area (Å²) < 4.78 is 24.6. The van der Waals surface area contributed by atoms with Gasteiger partial charge in [-0.3, -0.25) is 0 Å². The molecule has 10 aromatic carbocycles. The molecule has 0 saturated heterocycles. The predicted molar refractivity (Wildman–Crippen MR) is 295 cm³/mol. The maximum absolute atomic E-state index is 6.15. The molecule has 0 atom stereocenters. The lowest BCUT2D eigenvalue weighted by molar-refractivity contribution is 0.482. The van der Waals surface area contributed by atoms with Crippen molar-refractivity contribution in [3.05, 3.63) is 279 Å². The van der Waals surface area contributed by atoms with Gasteiger partial charge >= 0.3 is 0 Å². The highest BCUT2D eigenvalue weighted by molar-refractivity contribution is 7.19. The average Bonchev–Trinajstić information content (AvgIpc) is 3.83. The summed E-state index contributed by atoms with van der Waals surface area (Å²) in [7, 11) is 0. The molecule has 1 heterocycles. The highest BCUT2D eigenvalue weighted by atomic mass is 32.1. The van der Waals surface area contributed by atoms with Crippen LogP contribution in [0.5, 0.6) is 46.0 Å². The monoisotopic (exact) mass is 952 g/mol. The highest BCUT2D eigenvalue weighted by Crippen LogP contribution is 2.43. The Balaban J connectivity index is 0.854. The van der Waals surface area contributed by atoms with E-state index in [1.165, 1.54) is 15.3 Å². The molecule has 0 aliphatic rings. The molecule has 7 heteroatoms. The van der Waals surface area contributed by atoms with Crippen molar-refractivity contribution in [2.24, 2.45) is 0 Å². The normalized spacial score (nSPS) is 10.8. The van der Waals surface area contributed by atoms with E-state index in [9.17, 15) is 0 Å². The fourth-order valence-electron chi connectivity index (χ4n) is 8.49. The van der Waals surface area contributed by atoms with Crippen LogP contribution >= 0.6 is 11.3 Å². The van der Waals surface area contributed by atoms with Gasteiger partial charge in [-0.1, -0.05) is 97.1 Å². The van der Waals surface area contributed by atoms with Crippen molar-refractivity contribution in [2.75, 3.05) is 9.80 Å². The summed E-state index contributed by atoms with van der Waals surface area (Å²) in [6.07, 6.45) is 0. The van der Waals surface area contributed by atoms with Crippen LogP contribution in [-0.2, 0) is 0 Å². The second-order valence-corrected chi connectivity index (χ2v) is 18.1. The number of thiophene rings is 1. The van der Waals surface area contributed by atoms with E-state index < -0.39 is 0 Å². The number of hydrogen-bond donors (Lipinski definition) is 0. The van der Waals surface area contributed by atoms with E-state index in [-0.39, 0.29) is 0 Å². The molecule has 0 radical (unpaired) electrons. The minimum absolute atomic E-state index is 0.766. The Labute approximate surface area is 424 Å². The lowest BCUT2D eigenvalue weighted by Crippen LogP contribution is -2.09. The van der Waals surface area contributed by atoms with Gasteiger partial charge in [0.1, 0.15) is 46.0 Å². The summed E-state index contributed by atoms with van der Waals surface area (Å²) in [6, 6.07) is 92.1. The molecule has 0 bridgehead atoms. The van der Waals surface area contributed by atoms with Crippen molar-refractivity contribution in [3.8, 4) is 66.9 Å². The number of para-hydroxylation sites is 4. The van der Waals surface area contributed by atoms with Gasteiger partial charge in [0, 0.05) is 43.9 Å². The summed E-state index contributed by atoms with van der Waals surface area (Å²) in [6.45, 7) is 2.19. The number of hydrogen-bond acceptors (Lipinski definition) is 7. The fourth-order valence-corrected chi connectivity index (χ4v) is 9.68. The van der Waals surface area contributed by atoms with Gasteiger partial charge in [-0.15, -0.1) is 11.3 Å². The van der Waals surface area contributed by atoms with Crippen LogP contribution in [0.1, 0.15) is 5.56 Å². The first-order chi connectivity index (χ1) is 35.5. The summed E-state index contributed by atoms with van der Waals surface area (Å²) in [5, 5.41) is 0. The first kappa shape index (κ1) is 45.2. The Morgan fingerprint density at radius 2 is 0.500 bits per heavy atom. The molecule has 348 valence electrons. The molecule has 0 aliphatic heterocycles. The molecule has 0 aliphatic carbocycles. The Bertz CT molecular complexity index is 3290. The first-order valence-electron chi connectivity index (χ1n) is 23.8. The quantitative estimate of drug-likeness (QED) is 0.0961. The van der Waals surface area contributed by atoms with Crippen LogP contribution in [0.2, 0.25) is 0 Å². The number of ether oxygens (including phenoxy) is 4. The molecule has 0 spiro atoms. The first-order valence-corrected chi connectivity index (χ1v) is 24.6. The molecule has 6 nitrogen and oxygen atoms in total. The maximum atomic E-state index is 6.15. The molecule has 0 amide bonds. The fraction of sp³-hybridized carbons (Fsp3) is 0.0154. The number of nitrogens with zero attached hydrogens (tertiary/aromatic N) is 2. The van der Waals surface area contributed by atoms with Crippen molar-refractivity contribution in [3.63, 3.8) is 0 Å². The van der Waals surface area contributed by atoms with Gasteiger partial charge in [0.15, 0.2) is 0 Å². The van der Waals surface area contributed by atoms with Crippen LogP contribution in [0.4, 0.5) is 34.1 Å². The van der Waals surface area contributed by atoms with Gasteiger partial charge in [0.05, 0.1) is 0 Å². The number of rotatable bonds is 16. The maximum Gasteiger partial charge on any atom is 0.127 e. The molecule has 0 unspecified atom stereocenters. The van der Waals surface area contributed by atoms with E-state index in [1.807, 2.05) is 170 Å². The second kappa shape index (κ2) is 21.1. The summed E-state index contributed by atoms with van der Waals surface area (Å²) in [5.41, 5.74) is 9.59. The third-order valence-electron chi connectivity index (χ3n) is 12.0. The second-order valence-electron chi connectivity index (χ2n) is 17.0. The Morgan fingerprint density at radius 1 is 0.264 bits per heavy atom. The van der Waals surface area contributed by atoms with Crippen LogP contribution < -0.4 is 28.7 Å². The zero-order chi connectivity index (χ0) is 48.5. The molecule has 11 rings (SSSR count). The van der Waals surface area contributed by atoms with Crippen molar-refractivity contribution in [2.45, 2.75) is 6.92 Å². The van der Waals surface area contributed by atoms with Crippen LogP contribution in [-0.4, -0.2) is 0 Å². The number of aryl methyl sites for hydroxylation is 1. The third-order valence-corrected chi connectivity index (χ3v) is 13.3. The Morgan fingerprint density at radius 3 is 0.778 bits per heavy atom. The third kappa shape index (κ3) is 10.6. The largest absolute Gasteiger partial charge is 0.457 e. The molecule has 1 aromatic heterocycles. The minimum Gasteiger partial charge on any atom is -0.457 e. The topological polar surface area (TPSA) is 43.4 Å². The molecular weight excluding hydrogens is 905 g/mol. The Kier molecular flexibility index (Phi) is 13.3. The van der Waals surface area contributed by atoms with E-state index in [4.69, 9.17) is 18.9 Å². The van der Waals surface area contributed by atoms with Gasteiger partial charge in [-0.2, -0.15) is 0 Å². The Hall–Kier alpha value is -9.30. The van der Waals surface area contributed by atoms with E-state index in [0.29, 0.717) is 0 Å². The lowest BCUT2D eigenvalue weighted by atomic mass is 10.1. The van der Waals surface area contributed by atoms with Crippen LogP contribution in [0.3, 0.4) is 0 Å². The molecule has 11 aromatic rings. The summed E-state index contributed by atoms with van der Waals surface area (Å²) in [4.78, 5) is 6.93. The zero-order valence-corrected chi connectivity index (χ0v) is 40.2. The molecule has 0 N–H and O–H groups in total. The average molecular weight is 953 g/mol. The standard InChI is InChI=1S/C65H48N2O4S/c1-47-46-64(48-22-26-50(27-23-48)66(52-30-38-60(39-31-52)68-56-14-6-2-7-15-56)53-32-40-61(41-33-53)69-57-16-8-3-9-17-57)72-65(47)49-24-28-51(29-25-49)67(54-34-42-62(43-35-54)70-58-18-10-4-11-19-58)55-36-44-63(45-37-55)71-59-20-12-5-13-21-59/h2-46H,1H3. The molecular formula is C65H48N2O4S. The van der Waals surface area contributed by atoms with Crippen molar-refractivity contribution in [1.29, 1.82) is 0 Å². The molecule has 0 fully saturated rings. The van der Waals surface area contributed by atoms with E-state index in [2.05, 4.69) is 120 Å². The molecule has 72 heavy (non-hydrogen) atoms. The van der Waals surface area contributed by atoms with Crippen molar-refractivity contribution >= 4 is 45.5 Å². The number of benzene rings is 10. The van der Waals surface area contributed by atoms with Crippen LogP contribution in [0, 0.1) is 6.92 Å². The highest BCUT2D eigenvalue weighted by Gasteiger charge is 2.18. The number of anilines is 6. The van der Waals surface area contributed by atoms with Gasteiger partial charge in [-0.25, -0.2) is 0 Å². The van der Waals surface area contributed by atoms with E-state index in [0.717, 1.165) is 91.2 Å². The van der Waals surface area contributed by atoms with Crippen LogP contribution in [0.15, 0.2) is 273 Å². The smallest absolute Gasteiger partial charge is 0.127 e. The SMILES string of the molecule is Cc1cc(-c2ccc(N(c3ccc(Oc4ccccc4)cc3)c3ccc(Oc4ccccc4)cc3)cc2)sc1-c1ccc(N(c2ccc(Oc3ccccc3)cc2)c2ccc(Oc3ccccc3)cc2)cc1. The zero-order valence-electron chi connectivity index (χ0n) is 39.4. The summed E-state index contributed by atoms with van der Waals surface area (Å²) >= 11 is 1.81. The van der Waals surface area contributed by atoms with Crippen molar-refractivity contribution < 1.29 is 18.9 Å². The van der Waals surface area contributed by atoms with Crippen LogP contribution in [0.25, 0.3) is 20.9 Å². The lowest BCUT2D eigenvalue weighted by Gasteiger charge is -2.26. The summed E-state index contributed by atoms with van der Waals surface area (Å²) in [5.74, 6) is 6.24. The van der Waals surface area contributed by atoms with Crippen molar-refractivity contribution in [1.82, 2.24) is 0 Å². The molecule has 0 saturated carbocycles. The minimum atomic E-state index is 0.766. The van der Waals surface area contributed by atoms with Gasteiger partial charge in [0.25, 0.3) is 0 Å².